The minimum atomic E-state index is -4.25. The number of hydrogen-bond donors (Lipinski definition) is 2. The molecule has 2 rings (SSSR count). The number of allylic oxidation sites excluding steroid dienone is 1. The number of anilines is 1. The van der Waals surface area contributed by atoms with Gasteiger partial charge in [0, 0.05) is 0 Å². The van der Waals surface area contributed by atoms with Crippen LogP contribution in [0.1, 0.15) is 19.3 Å². The molecule has 5 nitrogen and oxygen atoms in total. The zero-order valence-electron chi connectivity index (χ0n) is 10.8. The van der Waals surface area contributed by atoms with Crippen molar-refractivity contribution >= 4 is 21.7 Å². The highest BCUT2D eigenvalue weighted by molar-refractivity contribution is 7.93. The Labute approximate surface area is 120 Å². The molecule has 8 heteroatoms. The van der Waals surface area contributed by atoms with Gasteiger partial charge in [-0.25, -0.2) is 22.0 Å². The van der Waals surface area contributed by atoms with Gasteiger partial charge in [0.2, 0.25) is 10.0 Å². The normalized spacial score (nSPS) is 19.0. The molecular weight excluding hydrogens is 304 g/mol. The molecule has 2 N–H and O–H groups in total. The molecule has 0 aromatic heterocycles. The summed E-state index contributed by atoms with van der Waals surface area (Å²) in [4.78, 5) is 11.1. The minimum absolute atomic E-state index is 0.0868. The lowest BCUT2D eigenvalue weighted by molar-refractivity contribution is -0.132. The van der Waals surface area contributed by atoms with E-state index in [1.54, 1.807) is 0 Å². The molecule has 1 aliphatic carbocycles. The summed E-state index contributed by atoms with van der Waals surface area (Å²) in [5.74, 6) is -3.47. The molecule has 114 valence electrons. The highest BCUT2D eigenvalue weighted by atomic mass is 32.2. The van der Waals surface area contributed by atoms with Gasteiger partial charge < -0.3 is 5.11 Å². The maximum atomic E-state index is 13.5. The summed E-state index contributed by atoms with van der Waals surface area (Å²) in [6.45, 7) is 0. The van der Waals surface area contributed by atoms with Crippen molar-refractivity contribution in [2.24, 2.45) is 0 Å². The third-order valence-electron chi connectivity index (χ3n) is 3.21. The molecule has 1 aromatic rings. The Balaban J connectivity index is 2.36. The molecule has 1 aromatic carbocycles. The van der Waals surface area contributed by atoms with Gasteiger partial charge >= 0.3 is 5.97 Å². The molecule has 0 amide bonds. The molecule has 1 atom stereocenters. The number of benzene rings is 1. The number of carboxylic acids is 1. The minimum Gasteiger partial charge on any atom is -0.478 e. The number of carboxylic acid groups (broad SMARTS) is 1. The molecule has 21 heavy (non-hydrogen) atoms. The summed E-state index contributed by atoms with van der Waals surface area (Å²) >= 11 is 0. The molecule has 1 aliphatic rings. The van der Waals surface area contributed by atoms with Crippen LogP contribution in [-0.2, 0) is 14.8 Å². The van der Waals surface area contributed by atoms with Gasteiger partial charge in [-0.15, -0.1) is 0 Å². The number of sulfonamides is 1. The Morgan fingerprint density at radius 1 is 1.29 bits per heavy atom. The van der Waals surface area contributed by atoms with Gasteiger partial charge in [0.05, 0.1) is 5.57 Å². The Bertz CT molecular complexity index is 680. The third-order valence-corrected chi connectivity index (χ3v) is 4.94. The van der Waals surface area contributed by atoms with Crippen LogP contribution in [0.5, 0.6) is 0 Å². The lowest BCUT2D eigenvalue weighted by Crippen LogP contribution is -2.34. The molecule has 0 fully saturated rings. The first-order chi connectivity index (χ1) is 9.83. The summed E-state index contributed by atoms with van der Waals surface area (Å²) in [6.07, 6.45) is 2.36. The molecule has 0 radical (unpaired) electrons. The predicted molar refractivity (Wildman–Crippen MR) is 72.3 cm³/mol. The molecule has 1 unspecified atom stereocenters. The molecule has 0 saturated carbocycles. The van der Waals surface area contributed by atoms with Crippen LogP contribution < -0.4 is 4.72 Å². The van der Waals surface area contributed by atoms with Crippen LogP contribution in [0.4, 0.5) is 14.5 Å². The van der Waals surface area contributed by atoms with Crippen molar-refractivity contribution in [2.75, 3.05) is 4.72 Å². The van der Waals surface area contributed by atoms with Crippen LogP contribution in [0.3, 0.4) is 0 Å². The Hall–Kier alpha value is -1.96. The first-order valence-electron chi connectivity index (χ1n) is 6.22. The van der Waals surface area contributed by atoms with Crippen LogP contribution in [0.15, 0.2) is 29.8 Å². The second-order valence-electron chi connectivity index (χ2n) is 4.63. The van der Waals surface area contributed by atoms with Gasteiger partial charge in [-0.1, -0.05) is 12.1 Å². The van der Waals surface area contributed by atoms with Crippen LogP contribution in [0.2, 0.25) is 0 Å². The number of carbonyl (C=O) groups is 1. The van der Waals surface area contributed by atoms with E-state index in [0.717, 1.165) is 18.2 Å². The monoisotopic (exact) mass is 317 g/mol. The number of halogens is 2. The lowest BCUT2D eigenvalue weighted by atomic mass is 9.99. The fourth-order valence-corrected chi connectivity index (χ4v) is 3.83. The van der Waals surface area contributed by atoms with Gasteiger partial charge in [-0.2, -0.15) is 0 Å². The summed E-state index contributed by atoms with van der Waals surface area (Å²) in [5, 5.41) is 7.71. The topological polar surface area (TPSA) is 83.5 Å². The fraction of sp³-hybridized carbons (Fsp3) is 0.308. The highest BCUT2D eigenvalue weighted by Crippen LogP contribution is 2.28. The number of para-hydroxylation sites is 1. The van der Waals surface area contributed by atoms with Crippen LogP contribution in [0, 0.1) is 11.6 Å². The summed E-state index contributed by atoms with van der Waals surface area (Å²) in [7, 11) is -4.25. The van der Waals surface area contributed by atoms with Gasteiger partial charge in [0.1, 0.15) is 22.6 Å². The van der Waals surface area contributed by atoms with Crippen molar-refractivity contribution < 1.29 is 27.1 Å². The van der Waals surface area contributed by atoms with E-state index in [1.807, 2.05) is 4.72 Å². The van der Waals surface area contributed by atoms with E-state index in [2.05, 4.69) is 0 Å². The van der Waals surface area contributed by atoms with E-state index in [4.69, 9.17) is 5.11 Å². The quantitative estimate of drug-likeness (QED) is 0.892. The van der Waals surface area contributed by atoms with Crippen LogP contribution in [0.25, 0.3) is 0 Å². The van der Waals surface area contributed by atoms with Crippen molar-refractivity contribution in [3.63, 3.8) is 0 Å². The lowest BCUT2D eigenvalue weighted by Gasteiger charge is -2.22. The maximum Gasteiger partial charge on any atom is 0.332 e. The van der Waals surface area contributed by atoms with Gasteiger partial charge in [-0.3, -0.25) is 4.72 Å². The largest absolute Gasteiger partial charge is 0.478 e. The van der Waals surface area contributed by atoms with E-state index >= 15 is 0 Å². The van der Waals surface area contributed by atoms with E-state index < -0.39 is 38.6 Å². The Morgan fingerprint density at radius 3 is 2.48 bits per heavy atom. The Morgan fingerprint density at radius 2 is 1.90 bits per heavy atom. The second-order valence-corrected chi connectivity index (χ2v) is 6.49. The molecule has 0 saturated heterocycles. The zero-order valence-corrected chi connectivity index (χ0v) is 11.7. The van der Waals surface area contributed by atoms with Crippen LogP contribution >= 0.6 is 0 Å². The smallest absolute Gasteiger partial charge is 0.332 e. The average Bonchev–Trinajstić information content (AvgIpc) is 2.43. The van der Waals surface area contributed by atoms with Gasteiger partial charge in [0.25, 0.3) is 0 Å². The molecule has 0 spiro atoms. The number of nitrogens with one attached hydrogen (secondary N) is 1. The molecule has 0 heterocycles. The first kappa shape index (κ1) is 15.4. The molecule has 0 aliphatic heterocycles. The van der Waals surface area contributed by atoms with E-state index in [0.29, 0.717) is 12.8 Å². The van der Waals surface area contributed by atoms with E-state index in [-0.39, 0.29) is 12.0 Å². The van der Waals surface area contributed by atoms with Crippen molar-refractivity contribution in [2.45, 2.75) is 24.5 Å². The van der Waals surface area contributed by atoms with E-state index in [1.165, 1.54) is 6.08 Å². The average molecular weight is 317 g/mol. The number of aliphatic carboxylic acids is 1. The number of hydrogen-bond acceptors (Lipinski definition) is 3. The van der Waals surface area contributed by atoms with Gasteiger partial charge in [-0.05, 0) is 31.4 Å². The SMILES string of the molecule is O=C(O)C1=CCCCC1S(=O)(=O)Nc1c(F)cccc1F. The van der Waals surface area contributed by atoms with Crippen LogP contribution in [-0.4, -0.2) is 24.7 Å². The standard InChI is InChI=1S/C13H13F2NO4S/c14-9-5-3-6-10(15)12(9)16-21(19,20)11-7-2-1-4-8(11)13(17)18/h3-6,11,16H,1-2,7H2,(H,17,18). The highest BCUT2D eigenvalue weighted by Gasteiger charge is 2.35. The predicted octanol–water partition coefficient (Wildman–Crippen LogP) is 2.27. The Kier molecular flexibility index (Phi) is 4.26. The molecule has 0 bridgehead atoms. The summed E-state index contributed by atoms with van der Waals surface area (Å²) in [5.41, 5.74) is -1.07. The summed E-state index contributed by atoms with van der Waals surface area (Å²) in [6, 6.07) is 2.93. The van der Waals surface area contributed by atoms with Crippen molar-refractivity contribution in [3.8, 4) is 0 Å². The second kappa shape index (κ2) is 5.80. The fourth-order valence-electron chi connectivity index (χ4n) is 2.20. The zero-order chi connectivity index (χ0) is 15.6. The van der Waals surface area contributed by atoms with Crippen molar-refractivity contribution in [3.05, 3.63) is 41.5 Å². The number of rotatable bonds is 4. The van der Waals surface area contributed by atoms with Crippen molar-refractivity contribution in [1.82, 2.24) is 0 Å². The maximum absolute atomic E-state index is 13.5. The third kappa shape index (κ3) is 3.21. The summed E-state index contributed by atoms with van der Waals surface area (Å²) < 4.78 is 53.3. The van der Waals surface area contributed by atoms with Gasteiger partial charge in [0.15, 0.2) is 0 Å². The van der Waals surface area contributed by atoms with E-state index in [9.17, 15) is 22.0 Å². The van der Waals surface area contributed by atoms with Crippen molar-refractivity contribution in [1.29, 1.82) is 0 Å². The molecular formula is C13H13F2NO4S. The first-order valence-corrected chi connectivity index (χ1v) is 7.76.